The topological polar surface area (TPSA) is 54.4 Å². The van der Waals surface area contributed by atoms with Crippen LogP contribution in [0, 0.1) is 6.92 Å². The summed E-state index contributed by atoms with van der Waals surface area (Å²) in [6.07, 6.45) is 0.968. The van der Waals surface area contributed by atoms with E-state index in [-0.39, 0.29) is 12.6 Å². The van der Waals surface area contributed by atoms with E-state index >= 15 is 0 Å². The number of nitrogens with zero attached hydrogens (tertiary/aromatic N) is 1. The summed E-state index contributed by atoms with van der Waals surface area (Å²) in [5, 5.41) is 14.0. The number of methoxy groups -OCH3 is 1. The lowest BCUT2D eigenvalue weighted by Gasteiger charge is -2.16. The van der Waals surface area contributed by atoms with Crippen LogP contribution in [0.15, 0.2) is 18.2 Å². The average Bonchev–Trinajstić information content (AvgIpc) is 2.88. The summed E-state index contributed by atoms with van der Waals surface area (Å²) in [6.45, 7) is 6.27. The first kappa shape index (κ1) is 15.8. The van der Waals surface area contributed by atoms with Gasteiger partial charge < -0.3 is 15.2 Å². The van der Waals surface area contributed by atoms with Crippen molar-refractivity contribution in [2.75, 3.05) is 12.4 Å². The molecule has 0 aliphatic rings. The predicted octanol–water partition coefficient (Wildman–Crippen LogP) is 3.69. The van der Waals surface area contributed by atoms with Crippen LogP contribution in [-0.2, 0) is 13.0 Å². The second kappa shape index (κ2) is 6.91. The van der Waals surface area contributed by atoms with Crippen LogP contribution in [0.4, 0.5) is 5.69 Å². The van der Waals surface area contributed by atoms with Crippen LogP contribution in [0.3, 0.4) is 0 Å². The summed E-state index contributed by atoms with van der Waals surface area (Å²) < 4.78 is 5.22. The number of hydrogen-bond acceptors (Lipinski definition) is 5. The van der Waals surface area contributed by atoms with Crippen LogP contribution >= 0.6 is 11.3 Å². The minimum Gasteiger partial charge on any atom is -0.496 e. The van der Waals surface area contributed by atoms with Gasteiger partial charge in [-0.1, -0.05) is 6.92 Å². The molecule has 2 rings (SSSR count). The summed E-state index contributed by atoms with van der Waals surface area (Å²) in [5.41, 5.74) is 2.84. The molecule has 0 bridgehead atoms. The van der Waals surface area contributed by atoms with E-state index in [2.05, 4.69) is 31.1 Å². The Morgan fingerprint density at radius 1 is 1.43 bits per heavy atom. The molecular weight excluding hydrogens is 284 g/mol. The first-order valence-corrected chi connectivity index (χ1v) is 7.91. The van der Waals surface area contributed by atoms with Crippen molar-refractivity contribution >= 4 is 17.0 Å². The zero-order valence-electron chi connectivity index (χ0n) is 12.9. The molecule has 2 N–H and O–H groups in total. The van der Waals surface area contributed by atoms with E-state index in [1.807, 2.05) is 18.2 Å². The standard InChI is InChI=1S/C16H22N2O2S/c1-5-15-18-11(3)16(21-15)10(2)17-13-6-7-14(20-4)12(8-13)9-19/h6-8,10,17,19H,5,9H2,1-4H3. The highest BCUT2D eigenvalue weighted by atomic mass is 32.1. The van der Waals surface area contributed by atoms with Crippen LogP contribution in [-0.4, -0.2) is 17.2 Å². The molecule has 1 aromatic heterocycles. The van der Waals surface area contributed by atoms with Crippen LogP contribution in [0.5, 0.6) is 5.75 Å². The summed E-state index contributed by atoms with van der Waals surface area (Å²) in [7, 11) is 1.61. The van der Waals surface area contributed by atoms with Crippen molar-refractivity contribution in [3.05, 3.63) is 39.3 Å². The molecule has 0 aliphatic heterocycles. The third kappa shape index (κ3) is 3.54. The molecule has 114 valence electrons. The number of thiazole rings is 1. The van der Waals surface area contributed by atoms with Crippen molar-refractivity contribution in [1.29, 1.82) is 0 Å². The van der Waals surface area contributed by atoms with Gasteiger partial charge in [-0.25, -0.2) is 4.98 Å². The van der Waals surface area contributed by atoms with Crippen molar-refractivity contribution in [3.63, 3.8) is 0 Å². The van der Waals surface area contributed by atoms with Gasteiger partial charge >= 0.3 is 0 Å². The monoisotopic (exact) mass is 306 g/mol. The molecule has 0 spiro atoms. The predicted molar refractivity (Wildman–Crippen MR) is 87.2 cm³/mol. The van der Waals surface area contributed by atoms with Crippen LogP contribution < -0.4 is 10.1 Å². The molecule has 0 aliphatic carbocycles. The average molecular weight is 306 g/mol. The number of rotatable bonds is 6. The molecule has 5 heteroatoms. The number of benzene rings is 1. The lowest BCUT2D eigenvalue weighted by atomic mass is 10.1. The van der Waals surface area contributed by atoms with Gasteiger partial charge in [0, 0.05) is 16.1 Å². The van der Waals surface area contributed by atoms with Gasteiger partial charge in [-0.15, -0.1) is 11.3 Å². The molecule has 0 saturated carbocycles. The van der Waals surface area contributed by atoms with E-state index in [9.17, 15) is 5.11 Å². The number of anilines is 1. The zero-order chi connectivity index (χ0) is 15.4. The Hall–Kier alpha value is -1.59. The minimum absolute atomic E-state index is 0.0351. The fraction of sp³-hybridized carbons (Fsp3) is 0.438. The van der Waals surface area contributed by atoms with E-state index in [4.69, 9.17) is 4.74 Å². The van der Waals surface area contributed by atoms with Gasteiger partial charge in [-0.05, 0) is 38.5 Å². The summed E-state index contributed by atoms with van der Waals surface area (Å²) in [4.78, 5) is 5.83. The molecule has 1 unspecified atom stereocenters. The van der Waals surface area contributed by atoms with Gasteiger partial charge in [0.15, 0.2) is 0 Å². The molecule has 4 nitrogen and oxygen atoms in total. The molecule has 2 aromatic rings. The van der Waals surface area contributed by atoms with E-state index < -0.39 is 0 Å². The fourth-order valence-corrected chi connectivity index (χ4v) is 3.34. The van der Waals surface area contributed by atoms with Crippen molar-refractivity contribution < 1.29 is 9.84 Å². The van der Waals surface area contributed by atoms with Crippen LogP contribution in [0.1, 0.15) is 41.0 Å². The Kier molecular flexibility index (Phi) is 5.20. The van der Waals surface area contributed by atoms with Gasteiger partial charge in [0.2, 0.25) is 0 Å². The molecule has 21 heavy (non-hydrogen) atoms. The molecule has 1 heterocycles. The van der Waals surface area contributed by atoms with Crippen molar-refractivity contribution in [1.82, 2.24) is 4.98 Å². The van der Waals surface area contributed by atoms with Gasteiger partial charge in [0.05, 0.1) is 30.5 Å². The Labute approximate surface area is 129 Å². The second-order valence-electron chi connectivity index (χ2n) is 4.96. The highest BCUT2D eigenvalue weighted by Crippen LogP contribution is 2.30. The Morgan fingerprint density at radius 2 is 2.19 bits per heavy atom. The smallest absolute Gasteiger partial charge is 0.124 e. The third-order valence-electron chi connectivity index (χ3n) is 3.41. The molecule has 0 amide bonds. The summed E-state index contributed by atoms with van der Waals surface area (Å²) >= 11 is 1.76. The molecule has 0 radical (unpaired) electrons. The maximum atomic E-state index is 9.39. The number of ether oxygens (including phenoxy) is 1. The summed E-state index contributed by atoms with van der Waals surface area (Å²) in [5.74, 6) is 0.706. The van der Waals surface area contributed by atoms with Crippen LogP contribution in [0.25, 0.3) is 0 Å². The Bertz CT molecular complexity index is 610. The molecule has 1 aromatic carbocycles. The Balaban J connectivity index is 2.18. The third-order valence-corrected chi connectivity index (χ3v) is 4.89. The van der Waals surface area contributed by atoms with E-state index in [1.165, 1.54) is 9.88 Å². The van der Waals surface area contributed by atoms with Gasteiger partial charge in [0.1, 0.15) is 5.75 Å². The number of aliphatic hydroxyl groups excluding tert-OH is 1. The first-order valence-electron chi connectivity index (χ1n) is 7.09. The maximum absolute atomic E-state index is 9.39. The molecular formula is C16H22N2O2S. The maximum Gasteiger partial charge on any atom is 0.124 e. The highest BCUT2D eigenvalue weighted by molar-refractivity contribution is 7.11. The first-order chi connectivity index (χ1) is 10.1. The van der Waals surface area contributed by atoms with Gasteiger partial charge in [-0.3, -0.25) is 0 Å². The van der Waals surface area contributed by atoms with Crippen molar-refractivity contribution in [3.8, 4) is 5.75 Å². The summed E-state index contributed by atoms with van der Waals surface area (Å²) in [6, 6.07) is 5.94. The number of aliphatic hydroxyl groups is 1. The highest BCUT2D eigenvalue weighted by Gasteiger charge is 2.14. The number of hydrogen-bond donors (Lipinski definition) is 2. The molecule has 1 atom stereocenters. The molecule has 0 saturated heterocycles. The SMILES string of the molecule is CCc1nc(C)c(C(C)Nc2ccc(OC)c(CO)c2)s1. The van der Waals surface area contributed by atoms with Crippen LogP contribution in [0.2, 0.25) is 0 Å². The normalized spacial score (nSPS) is 12.2. The lowest BCUT2D eigenvalue weighted by molar-refractivity contribution is 0.274. The van der Waals surface area contributed by atoms with Crippen molar-refractivity contribution in [2.45, 2.75) is 39.8 Å². The van der Waals surface area contributed by atoms with E-state index in [1.54, 1.807) is 18.4 Å². The zero-order valence-corrected chi connectivity index (χ0v) is 13.8. The van der Waals surface area contributed by atoms with E-state index in [0.29, 0.717) is 5.75 Å². The Morgan fingerprint density at radius 3 is 2.76 bits per heavy atom. The fourth-order valence-electron chi connectivity index (χ4n) is 2.33. The lowest BCUT2D eigenvalue weighted by Crippen LogP contribution is -2.07. The largest absolute Gasteiger partial charge is 0.496 e. The number of aromatic nitrogens is 1. The number of nitrogens with one attached hydrogen (secondary N) is 1. The quantitative estimate of drug-likeness (QED) is 0.854. The van der Waals surface area contributed by atoms with Gasteiger partial charge in [0.25, 0.3) is 0 Å². The van der Waals surface area contributed by atoms with Gasteiger partial charge in [-0.2, -0.15) is 0 Å². The molecule has 0 fully saturated rings. The second-order valence-corrected chi connectivity index (χ2v) is 6.08. The van der Waals surface area contributed by atoms with E-state index in [0.717, 1.165) is 23.4 Å². The minimum atomic E-state index is -0.0351. The van der Waals surface area contributed by atoms with Crippen molar-refractivity contribution in [2.24, 2.45) is 0 Å². The number of aryl methyl sites for hydroxylation is 2.